The normalized spacial score (nSPS) is 27.2. The Bertz CT molecular complexity index is 533. The number of carbonyl (C=O) groups excluding carboxylic acids is 2. The van der Waals surface area contributed by atoms with E-state index in [9.17, 15) is 9.59 Å². The van der Waals surface area contributed by atoms with Gasteiger partial charge in [-0.05, 0) is 18.4 Å². The summed E-state index contributed by atoms with van der Waals surface area (Å²) in [6.45, 7) is 0. The fourth-order valence-electron chi connectivity index (χ4n) is 3.00. The van der Waals surface area contributed by atoms with Crippen molar-refractivity contribution in [3.8, 4) is 0 Å². The number of carbonyl (C=O) groups is 2. The van der Waals surface area contributed by atoms with Crippen LogP contribution in [0.1, 0.15) is 31.2 Å². The molecule has 1 N–H and O–H groups in total. The topological polar surface area (TPSA) is 46.2 Å². The van der Waals surface area contributed by atoms with Crippen LogP contribution < -0.4 is 5.32 Å². The SMILES string of the molecule is O=C1C=C2NC(=O)CC[C@]2(c2ccccc2)CC1. The van der Waals surface area contributed by atoms with Gasteiger partial charge in [-0.2, -0.15) is 0 Å². The van der Waals surface area contributed by atoms with Crippen LogP contribution in [0.5, 0.6) is 0 Å². The zero-order chi connectivity index (χ0) is 12.6. The lowest BCUT2D eigenvalue weighted by Gasteiger charge is -2.42. The summed E-state index contributed by atoms with van der Waals surface area (Å²) in [6, 6.07) is 10.2. The highest BCUT2D eigenvalue weighted by atomic mass is 16.1. The van der Waals surface area contributed by atoms with Gasteiger partial charge in [0.05, 0.1) is 0 Å². The summed E-state index contributed by atoms with van der Waals surface area (Å²) in [4.78, 5) is 23.1. The van der Waals surface area contributed by atoms with E-state index in [1.807, 2.05) is 18.2 Å². The molecule has 3 rings (SSSR count). The quantitative estimate of drug-likeness (QED) is 0.818. The van der Waals surface area contributed by atoms with Crippen LogP contribution in [-0.4, -0.2) is 11.7 Å². The Labute approximate surface area is 106 Å². The molecule has 1 saturated heterocycles. The van der Waals surface area contributed by atoms with E-state index in [0.29, 0.717) is 12.8 Å². The molecule has 1 aromatic carbocycles. The lowest BCUT2D eigenvalue weighted by atomic mass is 9.66. The zero-order valence-corrected chi connectivity index (χ0v) is 10.1. The number of piperidine rings is 1. The summed E-state index contributed by atoms with van der Waals surface area (Å²) in [5, 5.41) is 2.89. The molecule has 3 heteroatoms. The van der Waals surface area contributed by atoms with Crippen LogP contribution in [0.3, 0.4) is 0 Å². The second kappa shape index (κ2) is 4.09. The van der Waals surface area contributed by atoms with E-state index in [1.54, 1.807) is 6.08 Å². The summed E-state index contributed by atoms with van der Waals surface area (Å²) >= 11 is 0. The summed E-state index contributed by atoms with van der Waals surface area (Å²) in [6.07, 6.45) is 4.30. The Morgan fingerprint density at radius 2 is 1.72 bits per heavy atom. The molecule has 1 heterocycles. The maximum atomic E-state index is 11.6. The Balaban J connectivity index is 2.10. The van der Waals surface area contributed by atoms with Crippen molar-refractivity contribution in [1.29, 1.82) is 0 Å². The highest BCUT2D eigenvalue weighted by molar-refractivity contribution is 5.94. The van der Waals surface area contributed by atoms with Crippen molar-refractivity contribution in [3.05, 3.63) is 47.7 Å². The van der Waals surface area contributed by atoms with Crippen molar-refractivity contribution in [2.45, 2.75) is 31.1 Å². The number of hydrogen-bond acceptors (Lipinski definition) is 2. The predicted octanol–water partition coefficient (Wildman–Crippen LogP) is 2.08. The molecule has 0 spiro atoms. The fraction of sp³-hybridized carbons (Fsp3) is 0.333. The second-order valence-corrected chi connectivity index (χ2v) is 5.02. The monoisotopic (exact) mass is 241 g/mol. The van der Waals surface area contributed by atoms with Gasteiger partial charge in [0.15, 0.2) is 5.78 Å². The van der Waals surface area contributed by atoms with Crippen LogP contribution in [0.2, 0.25) is 0 Å². The predicted molar refractivity (Wildman–Crippen MR) is 67.8 cm³/mol. The number of rotatable bonds is 1. The van der Waals surface area contributed by atoms with E-state index >= 15 is 0 Å². The van der Waals surface area contributed by atoms with Gasteiger partial charge in [-0.15, -0.1) is 0 Å². The summed E-state index contributed by atoms with van der Waals surface area (Å²) in [7, 11) is 0. The molecule has 0 radical (unpaired) electrons. The van der Waals surface area contributed by atoms with E-state index in [2.05, 4.69) is 17.4 Å². The zero-order valence-electron chi connectivity index (χ0n) is 10.1. The molecular weight excluding hydrogens is 226 g/mol. The van der Waals surface area contributed by atoms with Gasteiger partial charge in [0, 0.05) is 30.0 Å². The third kappa shape index (κ3) is 1.67. The van der Waals surface area contributed by atoms with E-state index in [4.69, 9.17) is 0 Å². The van der Waals surface area contributed by atoms with Crippen LogP contribution in [0.4, 0.5) is 0 Å². The Hall–Kier alpha value is -1.90. The Morgan fingerprint density at radius 3 is 2.50 bits per heavy atom. The van der Waals surface area contributed by atoms with E-state index in [-0.39, 0.29) is 17.1 Å². The highest BCUT2D eigenvalue weighted by Crippen LogP contribution is 2.44. The Kier molecular flexibility index (Phi) is 2.54. The number of nitrogens with one attached hydrogen (secondary N) is 1. The second-order valence-electron chi connectivity index (χ2n) is 5.02. The third-order valence-electron chi connectivity index (χ3n) is 4.00. The van der Waals surface area contributed by atoms with Gasteiger partial charge in [-0.3, -0.25) is 9.59 Å². The molecule has 0 bridgehead atoms. The first-order valence-electron chi connectivity index (χ1n) is 6.31. The first kappa shape index (κ1) is 11.2. The molecule has 3 nitrogen and oxygen atoms in total. The minimum Gasteiger partial charge on any atom is -0.329 e. The summed E-state index contributed by atoms with van der Waals surface area (Å²) in [5.41, 5.74) is 1.83. The van der Waals surface area contributed by atoms with Crippen molar-refractivity contribution in [3.63, 3.8) is 0 Å². The first-order chi connectivity index (χ1) is 8.71. The third-order valence-corrected chi connectivity index (χ3v) is 4.00. The number of hydrogen-bond donors (Lipinski definition) is 1. The van der Waals surface area contributed by atoms with Gasteiger partial charge >= 0.3 is 0 Å². The smallest absolute Gasteiger partial charge is 0.224 e. The highest BCUT2D eigenvalue weighted by Gasteiger charge is 2.42. The molecule has 1 atom stereocenters. The molecule has 0 unspecified atom stereocenters. The number of amides is 1. The average Bonchev–Trinajstić information content (AvgIpc) is 2.39. The van der Waals surface area contributed by atoms with Gasteiger partial charge in [-0.25, -0.2) is 0 Å². The largest absolute Gasteiger partial charge is 0.329 e. The standard InChI is InChI=1S/C15H15NO2/c17-12-6-8-15(11-4-2-1-3-5-11)9-7-14(18)16-13(15)10-12/h1-5,10H,6-9H2,(H,16,18)/t15-/m0/s1. The summed E-state index contributed by atoms with van der Waals surface area (Å²) in [5.74, 6) is 0.126. The maximum absolute atomic E-state index is 11.6. The molecular formula is C15H15NO2. The van der Waals surface area contributed by atoms with Gasteiger partial charge in [0.1, 0.15) is 0 Å². The lowest BCUT2D eigenvalue weighted by molar-refractivity contribution is -0.122. The van der Waals surface area contributed by atoms with Gasteiger partial charge < -0.3 is 5.32 Å². The molecule has 1 amide bonds. The van der Waals surface area contributed by atoms with E-state index in [1.165, 1.54) is 5.56 Å². The molecule has 18 heavy (non-hydrogen) atoms. The van der Waals surface area contributed by atoms with Gasteiger partial charge in [-0.1, -0.05) is 30.3 Å². The number of benzene rings is 1. The van der Waals surface area contributed by atoms with Crippen molar-refractivity contribution < 1.29 is 9.59 Å². The molecule has 92 valence electrons. The lowest BCUT2D eigenvalue weighted by Crippen LogP contribution is -2.46. The number of ketones is 1. The van der Waals surface area contributed by atoms with Crippen LogP contribution in [-0.2, 0) is 15.0 Å². The molecule has 0 saturated carbocycles. The van der Waals surface area contributed by atoms with Crippen molar-refractivity contribution in [2.75, 3.05) is 0 Å². The first-order valence-corrected chi connectivity index (χ1v) is 6.31. The minimum atomic E-state index is -0.164. The molecule has 1 aromatic rings. The van der Waals surface area contributed by atoms with Gasteiger partial charge in [0.25, 0.3) is 0 Å². The molecule has 1 aliphatic heterocycles. The van der Waals surface area contributed by atoms with E-state index in [0.717, 1.165) is 18.5 Å². The molecule has 1 aliphatic carbocycles. The van der Waals surface area contributed by atoms with Crippen LogP contribution in [0.15, 0.2) is 42.1 Å². The van der Waals surface area contributed by atoms with Crippen LogP contribution in [0, 0.1) is 0 Å². The van der Waals surface area contributed by atoms with Crippen molar-refractivity contribution >= 4 is 11.7 Å². The molecule has 2 aliphatic rings. The number of allylic oxidation sites excluding steroid dienone is 2. The van der Waals surface area contributed by atoms with Crippen LogP contribution >= 0.6 is 0 Å². The van der Waals surface area contributed by atoms with E-state index < -0.39 is 0 Å². The molecule has 1 fully saturated rings. The molecule has 0 aromatic heterocycles. The maximum Gasteiger partial charge on any atom is 0.224 e. The van der Waals surface area contributed by atoms with Crippen LogP contribution in [0.25, 0.3) is 0 Å². The van der Waals surface area contributed by atoms with Crippen molar-refractivity contribution in [1.82, 2.24) is 5.32 Å². The minimum absolute atomic E-state index is 0.0162. The van der Waals surface area contributed by atoms with Gasteiger partial charge in [0.2, 0.25) is 5.91 Å². The fourth-order valence-corrected chi connectivity index (χ4v) is 3.00. The average molecular weight is 241 g/mol. The summed E-state index contributed by atoms with van der Waals surface area (Å²) < 4.78 is 0. The van der Waals surface area contributed by atoms with Crippen molar-refractivity contribution in [2.24, 2.45) is 0 Å². The Morgan fingerprint density at radius 1 is 1.00 bits per heavy atom. The number of fused-ring (bicyclic) bond motifs is 1.